The van der Waals surface area contributed by atoms with Crippen LogP contribution in [0.15, 0.2) is 0 Å². The average Bonchev–Trinajstić information content (AvgIpc) is 2.86. The van der Waals surface area contributed by atoms with Crippen LogP contribution in [0.5, 0.6) is 0 Å². The Balaban J connectivity index is 2.17. The van der Waals surface area contributed by atoms with Crippen LogP contribution in [0.25, 0.3) is 0 Å². The molecule has 1 aromatic rings. The van der Waals surface area contributed by atoms with E-state index in [9.17, 15) is 10.1 Å². The summed E-state index contributed by atoms with van der Waals surface area (Å²) >= 11 is 0. The van der Waals surface area contributed by atoms with Crippen LogP contribution in [0.3, 0.4) is 0 Å². The summed E-state index contributed by atoms with van der Waals surface area (Å²) in [7, 11) is 0. The third-order valence-corrected chi connectivity index (χ3v) is 3.29. The lowest BCUT2D eigenvalue weighted by Crippen LogP contribution is -2.27. The minimum Gasteiger partial charge on any atom is -0.362 e. The molecule has 21 heavy (non-hydrogen) atoms. The normalized spacial score (nSPS) is 21.0. The van der Waals surface area contributed by atoms with Gasteiger partial charge in [-0.25, -0.2) is 4.68 Å². The second-order valence-electron chi connectivity index (χ2n) is 5.91. The van der Waals surface area contributed by atoms with Crippen molar-refractivity contribution in [1.82, 2.24) is 9.78 Å². The van der Waals surface area contributed by atoms with Gasteiger partial charge in [-0.3, -0.25) is 10.1 Å². The van der Waals surface area contributed by atoms with Crippen molar-refractivity contribution < 1.29 is 14.4 Å². The zero-order valence-electron chi connectivity index (χ0n) is 13.0. The number of hydrogen-bond donors (Lipinski definition) is 1. The summed E-state index contributed by atoms with van der Waals surface area (Å²) in [6.45, 7) is 10.1. The van der Waals surface area contributed by atoms with E-state index in [1.165, 1.54) is 0 Å². The highest BCUT2D eigenvalue weighted by molar-refractivity contribution is 5.59. The predicted molar refractivity (Wildman–Crippen MR) is 77.4 cm³/mol. The Morgan fingerprint density at radius 3 is 2.71 bits per heavy atom. The van der Waals surface area contributed by atoms with E-state index in [0.717, 1.165) is 0 Å². The molecule has 2 heterocycles. The fourth-order valence-corrected chi connectivity index (χ4v) is 2.37. The summed E-state index contributed by atoms with van der Waals surface area (Å²) in [6, 6.07) is 0.0251. The van der Waals surface area contributed by atoms with Crippen LogP contribution >= 0.6 is 0 Å². The van der Waals surface area contributed by atoms with Gasteiger partial charge < -0.3 is 14.8 Å². The van der Waals surface area contributed by atoms with Gasteiger partial charge in [0, 0.05) is 12.6 Å². The highest BCUT2D eigenvalue weighted by Gasteiger charge is 2.34. The molecule has 0 spiro atoms. The van der Waals surface area contributed by atoms with Crippen LogP contribution in [-0.4, -0.2) is 39.7 Å². The molecule has 1 unspecified atom stereocenters. The molecule has 1 aliphatic rings. The number of nitrogens with zero attached hydrogens (tertiary/aromatic N) is 3. The molecule has 0 aliphatic carbocycles. The molecule has 1 fully saturated rings. The molecular weight excluding hydrogens is 276 g/mol. The van der Waals surface area contributed by atoms with Gasteiger partial charge in [-0.15, -0.1) is 0 Å². The van der Waals surface area contributed by atoms with Gasteiger partial charge in [0.2, 0.25) is 5.82 Å². The molecule has 1 saturated heterocycles. The molecule has 0 bridgehead atoms. The topological polar surface area (TPSA) is 91.5 Å². The molecule has 1 atom stereocenters. The third-order valence-electron chi connectivity index (χ3n) is 3.29. The summed E-state index contributed by atoms with van der Waals surface area (Å²) in [6.07, 6.45) is -0.143. The monoisotopic (exact) mass is 298 g/mol. The average molecular weight is 298 g/mol. The first-order valence-corrected chi connectivity index (χ1v) is 7.00. The predicted octanol–water partition coefficient (Wildman–Crippen LogP) is 2.24. The van der Waals surface area contributed by atoms with Crippen molar-refractivity contribution in [2.45, 2.75) is 52.6 Å². The van der Waals surface area contributed by atoms with Crippen LogP contribution in [0.2, 0.25) is 0 Å². The molecule has 118 valence electrons. The molecule has 1 N–H and O–H groups in total. The minimum absolute atomic E-state index is 0.0156. The Bertz CT molecular complexity index is 539. The van der Waals surface area contributed by atoms with Crippen LogP contribution < -0.4 is 5.32 Å². The Hall–Kier alpha value is -1.67. The van der Waals surface area contributed by atoms with E-state index < -0.39 is 10.7 Å². The standard InChI is InChI=1S/C13H22N4O4/c1-8(2)16-12(11(17(18)19)9(3)15-16)14-6-10-7-20-13(4,5)21-10/h8,10,14H,6-7H2,1-5H3. The van der Waals surface area contributed by atoms with Crippen molar-refractivity contribution in [2.75, 3.05) is 18.5 Å². The maximum atomic E-state index is 11.2. The van der Waals surface area contributed by atoms with Gasteiger partial charge in [-0.2, -0.15) is 5.10 Å². The van der Waals surface area contributed by atoms with Crippen molar-refractivity contribution in [2.24, 2.45) is 0 Å². The van der Waals surface area contributed by atoms with Gasteiger partial charge in [0.25, 0.3) is 0 Å². The van der Waals surface area contributed by atoms with Gasteiger partial charge in [0.05, 0.1) is 11.5 Å². The van der Waals surface area contributed by atoms with Crippen molar-refractivity contribution in [1.29, 1.82) is 0 Å². The summed E-state index contributed by atoms with van der Waals surface area (Å²) < 4.78 is 12.8. The molecule has 8 nitrogen and oxygen atoms in total. The van der Waals surface area contributed by atoms with E-state index in [4.69, 9.17) is 9.47 Å². The van der Waals surface area contributed by atoms with E-state index in [1.807, 2.05) is 27.7 Å². The number of aromatic nitrogens is 2. The summed E-state index contributed by atoms with van der Waals surface area (Å²) in [5.41, 5.74) is 0.419. The Labute approximate surface area is 123 Å². The van der Waals surface area contributed by atoms with Gasteiger partial charge in [-0.05, 0) is 34.6 Å². The molecule has 8 heteroatoms. The highest BCUT2D eigenvalue weighted by Crippen LogP contribution is 2.31. The zero-order chi connectivity index (χ0) is 15.8. The van der Waals surface area contributed by atoms with Crippen LogP contribution in [0.4, 0.5) is 11.5 Å². The highest BCUT2D eigenvalue weighted by atomic mass is 16.7. The molecule has 2 rings (SSSR count). The first-order valence-electron chi connectivity index (χ1n) is 7.00. The fourth-order valence-electron chi connectivity index (χ4n) is 2.37. The lowest BCUT2D eigenvalue weighted by Gasteiger charge is -2.18. The number of nitrogens with one attached hydrogen (secondary N) is 1. The number of aryl methyl sites for hydroxylation is 1. The first-order chi connectivity index (χ1) is 9.71. The smallest absolute Gasteiger partial charge is 0.333 e. The van der Waals surface area contributed by atoms with Gasteiger partial charge >= 0.3 is 5.69 Å². The molecule has 1 aromatic heterocycles. The van der Waals surface area contributed by atoms with Gasteiger partial charge in [-0.1, -0.05) is 0 Å². The minimum atomic E-state index is -0.605. The van der Waals surface area contributed by atoms with Crippen LogP contribution in [-0.2, 0) is 9.47 Å². The van der Waals surface area contributed by atoms with Crippen LogP contribution in [0.1, 0.15) is 39.4 Å². The van der Waals surface area contributed by atoms with Gasteiger partial charge in [0.15, 0.2) is 5.79 Å². The second kappa shape index (κ2) is 5.61. The van der Waals surface area contributed by atoms with Crippen molar-refractivity contribution >= 4 is 11.5 Å². The van der Waals surface area contributed by atoms with Crippen molar-refractivity contribution in [3.63, 3.8) is 0 Å². The Morgan fingerprint density at radius 1 is 1.57 bits per heavy atom. The number of anilines is 1. The molecule has 0 amide bonds. The second-order valence-corrected chi connectivity index (χ2v) is 5.91. The fraction of sp³-hybridized carbons (Fsp3) is 0.769. The van der Waals surface area contributed by atoms with E-state index in [-0.39, 0.29) is 17.8 Å². The lowest BCUT2D eigenvalue weighted by atomic mass is 10.3. The quantitative estimate of drug-likeness (QED) is 0.662. The van der Waals surface area contributed by atoms with Crippen molar-refractivity contribution in [3.8, 4) is 0 Å². The largest absolute Gasteiger partial charge is 0.362 e. The zero-order valence-corrected chi connectivity index (χ0v) is 13.0. The van der Waals surface area contributed by atoms with E-state index in [2.05, 4.69) is 10.4 Å². The summed E-state index contributed by atoms with van der Waals surface area (Å²) in [5, 5.41) is 18.6. The number of ether oxygens (including phenoxy) is 2. The number of rotatable bonds is 5. The molecule has 0 radical (unpaired) electrons. The SMILES string of the molecule is Cc1nn(C(C)C)c(NCC2COC(C)(C)O2)c1[N+](=O)[O-]. The number of nitro groups is 1. The van der Waals surface area contributed by atoms with E-state index in [0.29, 0.717) is 24.7 Å². The third kappa shape index (κ3) is 3.33. The van der Waals surface area contributed by atoms with E-state index in [1.54, 1.807) is 11.6 Å². The van der Waals surface area contributed by atoms with Gasteiger partial charge in [0.1, 0.15) is 11.8 Å². The maximum Gasteiger partial charge on any atom is 0.333 e. The molecule has 0 saturated carbocycles. The van der Waals surface area contributed by atoms with Crippen molar-refractivity contribution in [3.05, 3.63) is 15.8 Å². The lowest BCUT2D eigenvalue weighted by molar-refractivity contribution is -0.384. The van der Waals surface area contributed by atoms with Crippen LogP contribution in [0, 0.1) is 17.0 Å². The maximum absolute atomic E-state index is 11.2. The molecule has 1 aliphatic heterocycles. The molecule has 0 aromatic carbocycles. The summed E-state index contributed by atoms with van der Waals surface area (Å²) in [5.74, 6) is -0.187. The number of hydrogen-bond acceptors (Lipinski definition) is 6. The summed E-state index contributed by atoms with van der Waals surface area (Å²) in [4.78, 5) is 10.8. The first kappa shape index (κ1) is 15.7. The molecular formula is C13H22N4O4. The Kier molecular flexibility index (Phi) is 4.20. The van der Waals surface area contributed by atoms with E-state index >= 15 is 0 Å². The Morgan fingerprint density at radius 2 is 2.24 bits per heavy atom.